The maximum absolute atomic E-state index is 5.96. The Balaban J connectivity index is 2.34. The van der Waals surface area contributed by atoms with Crippen LogP contribution in [0.5, 0.6) is 0 Å². The molecule has 15 heavy (non-hydrogen) atoms. The first-order valence-corrected chi connectivity index (χ1v) is 6.09. The smallest absolute Gasteiger partial charge is 0.0620 e. The molecule has 0 spiro atoms. The molecule has 0 saturated heterocycles. The van der Waals surface area contributed by atoms with Crippen LogP contribution in [0.15, 0.2) is 28.7 Å². The second-order valence-corrected chi connectivity index (χ2v) is 4.58. The molecule has 84 valence electrons. The zero-order valence-corrected chi connectivity index (χ0v) is 10.7. The fourth-order valence-corrected chi connectivity index (χ4v) is 1.85. The lowest BCUT2D eigenvalue weighted by Crippen LogP contribution is -2.28. The molecule has 0 aliphatic carbocycles. The summed E-state index contributed by atoms with van der Waals surface area (Å²) < 4.78 is 6.51. The maximum atomic E-state index is 5.96. The van der Waals surface area contributed by atoms with Gasteiger partial charge in [-0.1, -0.05) is 35.0 Å². The van der Waals surface area contributed by atoms with Crippen molar-refractivity contribution >= 4 is 15.9 Å². The van der Waals surface area contributed by atoms with Gasteiger partial charge in [-0.2, -0.15) is 0 Å². The van der Waals surface area contributed by atoms with Crippen molar-refractivity contribution in [1.29, 1.82) is 0 Å². The van der Waals surface area contributed by atoms with Crippen molar-refractivity contribution < 1.29 is 4.74 Å². The summed E-state index contributed by atoms with van der Waals surface area (Å²) in [6, 6.07) is 8.32. The highest BCUT2D eigenvalue weighted by Gasteiger charge is 2.04. The largest absolute Gasteiger partial charge is 0.380 e. The third-order valence-corrected chi connectivity index (χ3v) is 2.56. The molecule has 2 nitrogen and oxygen atoms in total. The van der Waals surface area contributed by atoms with E-state index in [4.69, 9.17) is 10.5 Å². The zero-order valence-electron chi connectivity index (χ0n) is 9.08. The van der Waals surface area contributed by atoms with Crippen molar-refractivity contribution in [1.82, 2.24) is 0 Å². The van der Waals surface area contributed by atoms with E-state index < -0.39 is 0 Å². The van der Waals surface area contributed by atoms with Gasteiger partial charge in [0.05, 0.1) is 6.61 Å². The number of hydrogen-bond donors (Lipinski definition) is 1. The first kappa shape index (κ1) is 12.7. The zero-order chi connectivity index (χ0) is 11.1. The molecule has 2 N–H and O–H groups in total. The van der Waals surface area contributed by atoms with Crippen LogP contribution < -0.4 is 5.73 Å². The van der Waals surface area contributed by atoms with Gasteiger partial charge in [0.15, 0.2) is 0 Å². The Morgan fingerprint density at radius 1 is 1.47 bits per heavy atom. The highest BCUT2D eigenvalue weighted by atomic mass is 79.9. The first-order chi connectivity index (χ1) is 7.22. The summed E-state index contributed by atoms with van der Waals surface area (Å²) in [7, 11) is 0. The van der Waals surface area contributed by atoms with Gasteiger partial charge in [-0.25, -0.2) is 0 Å². The summed E-state index contributed by atoms with van der Waals surface area (Å²) in [5, 5.41) is 0. The second kappa shape index (κ2) is 6.99. The Morgan fingerprint density at radius 2 is 2.27 bits per heavy atom. The Morgan fingerprint density at radius 3 is 2.93 bits per heavy atom. The van der Waals surface area contributed by atoms with E-state index in [0.717, 1.165) is 23.9 Å². The molecule has 0 aliphatic heterocycles. The summed E-state index contributed by atoms with van der Waals surface area (Å²) in [5.74, 6) is 0. The molecular weight excluding hydrogens is 254 g/mol. The molecule has 1 atom stereocenters. The Bertz CT molecular complexity index is 291. The van der Waals surface area contributed by atoms with Gasteiger partial charge in [0.2, 0.25) is 0 Å². The van der Waals surface area contributed by atoms with E-state index in [2.05, 4.69) is 35.0 Å². The van der Waals surface area contributed by atoms with Crippen molar-refractivity contribution in [2.24, 2.45) is 5.73 Å². The lowest BCUT2D eigenvalue weighted by Gasteiger charge is -2.11. The molecule has 0 heterocycles. The van der Waals surface area contributed by atoms with Gasteiger partial charge in [0.1, 0.15) is 0 Å². The fraction of sp³-hybridized carbons (Fsp3) is 0.500. The van der Waals surface area contributed by atoms with E-state index in [-0.39, 0.29) is 6.04 Å². The molecule has 0 radical (unpaired) electrons. The van der Waals surface area contributed by atoms with Crippen LogP contribution >= 0.6 is 15.9 Å². The van der Waals surface area contributed by atoms with Crippen LogP contribution in [0.3, 0.4) is 0 Å². The molecule has 0 saturated carbocycles. The minimum Gasteiger partial charge on any atom is -0.380 e. The summed E-state index contributed by atoms with van der Waals surface area (Å²) in [6.07, 6.45) is 1.91. The highest BCUT2D eigenvalue weighted by Crippen LogP contribution is 2.12. The summed E-state index contributed by atoms with van der Waals surface area (Å²) >= 11 is 3.44. The topological polar surface area (TPSA) is 35.2 Å². The van der Waals surface area contributed by atoms with Crippen LogP contribution in [-0.4, -0.2) is 19.3 Å². The van der Waals surface area contributed by atoms with Gasteiger partial charge in [-0.05, 0) is 30.5 Å². The fourth-order valence-electron chi connectivity index (χ4n) is 1.40. The van der Waals surface area contributed by atoms with Gasteiger partial charge in [0, 0.05) is 17.1 Å². The van der Waals surface area contributed by atoms with Crippen molar-refractivity contribution in [3.05, 3.63) is 34.3 Å². The van der Waals surface area contributed by atoms with E-state index in [1.165, 1.54) is 5.56 Å². The minimum atomic E-state index is 0.0887. The van der Waals surface area contributed by atoms with Gasteiger partial charge < -0.3 is 10.5 Å². The third-order valence-electron chi connectivity index (χ3n) is 2.07. The predicted molar refractivity (Wildman–Crippen MR) is 66.9 cm³/mol. The van der Waals surface area contributed by atoms with Gasteiger partial charge >= 0.3 is 0 Å². The van der Waals surface area contributed by atoms with Crippen molar-refractivity contribution in [2.45, 2.75) is 25.8 Å². The van der Waals surface area contributed by atoms with E-state index >= 15 is 0 Å². The Kier molecular flexibility index (Phi) is 5.91. The van der Waals surface area contributed by atoms with Crippen molar-refractivity contribution in [3.8, 4) is 0 Å². The first-order valence-electron chi connectivity index (χ1n) is 5.30. The number of benzene rings is 1. The molecule has 1 aromatic carbocycles. The quantitative estimate of drug-likeness (QED) is 0.808. The SMILES string of the molecule is CCCOC[C@H](N)Cc1cccc(Br)c1. The Labute approximate surface area is 99.9 Å². The highest BCUT2D eigenvalue weighted by molar-refractivity contribution is 9.10. The molecule has 0 amide bonds. The minimum absolute atomic E-state index is 0.0887. The number of hydrogen-bond acceptors (Lipinski definition) is 2. The van der Waals surface area contributed by atoms with Crippen LogP contribution in [-0.2, 0) is 11.2 Å². The predicted octanol–water partition coefficient (Wildman–Crippen LogP) is 2.75. The van der Waals surface area contributed by atoms with E-state index in [9.17, 15) is 0 Å². The van der Waals surface area contributed by atoms with E-state index in [1.807, 2.05) is 12.1 Å². The van der Waals surface area contributed by atoms with Crippen LogP contribution in [0, 0.1) is 0 Å². The standard InChI is InChI=1S/C12H18BrNO/c1-2-6-15-9-12(14)8-10-4-3-5-11(13)7-10/h3-5,7,12H,2,6,8-9,14H2,1H3/t12-/m1/s1. The lowest BCUT2D eigenvalue weighted by molar-refractivity contribution is 0.121. The molecule has 3 heteroatoms. The Hall–Kier alpha value is -0.380. The van der Waals surface area contributed by atoms with Crippen molar-refractivity contribution in [2.75, 3.05) is 13.2 Å². The van der Waals surface area contributed by atoms with Crippen LogP contribution in [0.25, 0.3) is 0 Å². The number of ether oxygens (including phenoxy) is 1. The monoisotopic (exact) mass is 271 g/mol. The second-order valence-electron chi connectivity index (χ2n) is 3.67. The molecule has 0 aromatic heterocycles. The summed E-state index contributed by atoms with van der Waals surface area (Å²) in [4.78, 5) is 0. The third kappa shape index (κ3) is 5.30. The molecule has 0 unspecified atom stereocenters. The van der Waals surface area contributed by atoms with Crippen LogP contribution in [0.2, 0.25) is 0 Å². The molecule has 0 aliphatic rings. The average molecular weight is 272 g/mol. The van der Waals surface area contributed by atoms with Crippen LogP contribution in [0.4, 0.5) is 0 Å². The van der Waals surface area contributed by atoms with Gasteiger partial charge in [-0.3, -0.25) is 0 Å². The number of nitrogens with two attached hydrogens (primary N) is 1. The normalized spacial score (nSPS) is 12.7. The summed E-state index contributed by atoms with van der Waals surface area (Å²) in [5.41, 5.74) is 7.20. The molecule has 1 aromatic rings. The molecule has 0 bridgehead atoms. The summed E-state index contributed by atoms with van der Waals surface area (Å²) in [6.45, 7) is 3.53. The molecule has 0 fully saturated rings. The lowest BCUT2D eigenvalue weighted by atomic mass is 10.1. The van der Waals surface area contributed by atoms with E-state index in [0.29, 0.717) is 6.61 Å². The number of rotatable bonds is 6. The average Bonchev–Trinajstić information content (AvgIpc) is 2.18. The number of halogens is 1. The molecule has 1 rings (SSSR count). The van der Waals surface area contributed by atoms with Crippen LogP contribution in [0.1, 0.15) is 18.9 Å². The van der Waals surface area contributed by atoms with Gasteiger partial charge in [0.25, 0.3) is 0 Å². The van der Waals surface area contributed by atoms with Gasteiger partial charge in [-0.15, -0.1) is 0 Å². The maximum Gasteiger partial charge on any atom is 0.0620 e. The van der Waals surface area contributed by atoms with E-state index in [1.54, 1.807) is 0 Å². The molecular formula is C12H18BrNO. The van der Waals surface area contributed by atoms with Crippen molar-refractivity contribution in [3.63, 3.8) is 0 Å².